The zero-order valence-corrected chi connectivity index (χ0v) is 10.8. The van der Waals surface area contributed by atoms with Crippen molar-refractivity contribution in [2.45, 2.75) is 13.3 Å². The molecule has 92 valence electrons. The monoisotopic (exact) mass is 252 g/mol. The second-order valence-electron chi connectivity index (χ2n) is 3.40. The van der Waals surface area contributed by atoms with Crippen molar-refractivity contribution in [3.05, 3.63) is 23.9 Å². The highest BCUT2D eigenvalue weighted by Gasteiger charge is 2.01. The molecule has 0 aliphatic heterocycles. The van der Waals surface area contributed by atoms with Gasteiger partial charge in [0.05, 0.1) is 19.0 Å². The van der Waals surface area contributed by atoms with E-state index in [4.69, 9.17) is 10.5 Å². The van der Waals surface area contributed by atoms with Crippen LogP contribution in [0.2, 0.25) is 0 Å². The Balaban J connectivity index is 2.57. The highest BCUT2D eigenvalue weighted by atomic mass is 32.2. The van der Waals surface area contributed by atoms with Crippen LogP contribution in [0.5, 0.6) is 5.88 Å². The number of rotatable bonds is 5. The predicted molar refractivity (Wildman–Crippen MR) is 72.0 cm³/mol. The minimum absolute atomic E-state index is 0.140. The number of pyridine rings is 1. The summed E-state index contributed by atoms with van der Waals surface area (Å²) in [5.74, 6) is 1.33. The van der Waals surface area contributed by atoms with E-state index in [0.29, 0.717) is 11.6 Å². The van der Waals surface area contributed by atoms with Gasteiger partial charge in [0.2, 0.25) is 5.88 Å². The second kappa shape index (κ2) is 6.96. The third-order valence-corrected chi connectivity index (χ3v) is 2.83. The van der Waals surface area contributed by atoms with Gasteiger partial charge in [-0.1, -0.05) is 23.9 Å². The molecule has 1 aromatic heterocycles. The summed E-state index contributed by atoms with van der Waals surface area (Å²) in [5, 5.41) is 0.140. The summed E-state index contributed by atoms with van der Waals surface area (Å²) in [5.41, 5.74) is 7.10. The van der Waals surface area contributed by atoms with E-state index in [9.17, 15) is 4.79 Å². The number of carbonyl (C=O) groups is 1. The van der Waals surface area contributed by atoms with Crippen molar-refractivity contribution in [3.8, 4) is 5.88 Å². The van der Waals surface area contributed by atoms with Gasteiger partial charge in [-0.2, -0.15) is 0 Å². The van der Waals surface area contributed by atoms with E-state index >= 15 is 0 Å². The molecule has 0 unspecified atom stereocenters. The third-order valence-electron chi connectivity index (χ3n) is 1.98. The summed E-state index contributed by atoms with van der Waals surface area (Å²) < 4.78 is 5.12. The minimum atomic E-state index is 0.140. The molecule has 1 rings (SSSR count). The van der Waals surface area contributed by atoms with Gasteiger partial charge in [-0.3, -0.25) is 4.79 Å². The number of ether oxygens (including phenoxy) is 1. The molecule has 0 spiro atoms. The Kier molecular flexibility index (Phi) is 5.56. The molecule has 0 aliphatic carbocycles. The van der Waals surface area contributed by atoms with Crippen LogP contribution in [-0.4, -0.2) is 23.0 Å². The molecule has 0 amide bonds. The van der Waals surface area contributed by atoms with Gasteiger partial charge < -0.3 is 10.5 Å². The van der Waals surface area contributed by atoms with Crippen molar-refractivity contribution < 1.29 is 9.53 Å². The largest absolute Gasteiger partial charge is 0.481 e. The maximum absolute atomic E-state index is 10.7. The molecule has 1 heterocycles. The van der Waals surface area contributed by atoms with Crippen LogP contribution in [0.15, 0.2) is 18.3 Å². The molecular weight excluding hydrogens is 236 g/mol. The van der Waals surface area contributed by atoms with E-state index in [0.717, 1.165) is 17.7 Å². The Morgan fingerprint density at radius 2 is 2.41 bits per heavy atom. The molecular formula is C12H16N2O2S. The summed E-state index contributed by atoms with van der Waals surface area (Å²) >= 11 is 1.32. The topological polar surface area (TPSA) is 65.2 Å². The first-order valence-electron chi connectivity index (χ1n) is 5.23. The zero-order valence-electron chi connectivity index (χ0n) is 9.97. The Morgan fingerprint density at radius 3 is 3.06 bits per heavy atom. The van der Waals surface area contributed by atoms with Crippen molar-refractivity contribution in [1.29, 1.82) is 0 Å². The lowest BCUT2D eigenvalue weighted by molar-refractivity contribution is -0.109. The standard InChI is InChI=1S/C12H16N2O2S/c1-9(15)17-6-4-3-5-10-7-11(13)8-14-12(10)16-2/h3,5,7-8H,4,6,13H2,1-2H3. The SMILES string of the molecule is COc1ncc(N)cc1C=CCCSC(C)=O. The van der Waals surface area contributed by atoms with Crippen LogP contribution in [0.25, 0.3) is 6.08 Å². The predicted octanol–water partition coefficient (Wildman–Crippen LogP) is 2.36. The highest BCUT2D eigenvalue weighted by molar-refractivity contribution is 8.13. The number of anilines is 1. The van der Waals surface area contributed by atoms with Crippen LogP contribution < -0.4 is 10.5 Å². The maximum atomic E-state index is 10.7. The van der Waals surface area contributed by atoms with Crippen molar-refractivity contribution >= 4 is 28.6 Å². The molecule has 0 aromatic carbocycles. The Labute approximate surface area is 105 Å². The average Bonchev–Trinajstić information content (AvgIpc) is 2.28. The molecule has 0 saturated carbocycles. The molecule has 0 fully saturated rings. The summed E-state index contributed by atoms with van der Waals surface area (Å²) in [7, 11) is 1.57. The number of thioether (sulfide) groups is 1. The first kappa shape index (κ1) is 13.6. The normalized spacial score (nSPS) is 10.7. The summed E-state index contributed by atoms with van der Waals surface area (Å²) in [6.07, 6.45) is 6.27. The molecule has 0 bridgehead atoms. The lowest BCUT2D eigenvalue weighted by Crippen LogP contribution is -1.94. The third kappa shape index (κ3) is 4.91. The van der Waals surface area contributed by atoms with Crippen LogP contribution in [0, 0.1) is 0 Å². The van der Waals surface area contributed by atoms with Gasteiger partial charge in [-0.05, 0) is 12.5 Å². The molecule has 17 heavy (non-hydrogen) atoms. The van der Waals surface area contributed by atoms with Crippen LogP contribution in [0.1, 0.15) is 18.9 Å². The van der Waals surface area contributed by atoms with E-state index in [1.165, 1.54) is 11.8 Å². The number of nitrogens with two attached hydrogens (primary N) is 1. The molecule has 0 atom stereocenters. The number of methoxy groups -OCH3 is 1. The lowest BCUT2D eigenvalue weighted by Gasteiger charge is -2.03. The molecule has 0 aliphatic rings. The van der Waals surface area contributed by atoms with Crippen molar-refractivity contribution in [2.75, 3.05) is 18.6 Å². The Hall–Kier alpha value is -1.49. The number of nitrogen functional groups attached to an aromatic ring is 1. The number of hydrogen-bond donors (Lipinski definition) is 1. The number of allylic oxidation sites excluding steroid dienone is 1. The van der Waals surface area contributed by atoms with E-state index in [-0.39, 0.29) is 5.12 Å². The van der Waals surface area contributed by atoms with E-state index < -0.39 is 0 Å². The molecule has 2 N–H and O–H groups in total. The van der Waals surface area contributed by atoms with Gasteiger partial charge in [0.25, 0.3) is 0 Å². The Morgan fingerprint density at radius 1 is 1.65 bits per heavy atom. The van der Waals surface area contributed by atoms with E-state index in [1.807, 2.05) is 12.2 Å². The lowest BCUT2D eigenvalue weighted by atomic mass is 10.2. The summed E-state index contributed by atoms with van der Waals surface area (Å²) in [6, 6.07) is 1.81. The van der Waals surface area contributed by atoms with Crippen LogP contribution in [0.4, 0.5) is 5.69 Å². The zero-order chi connectivity index (χ0) is 12.7. The van der Waals surface area contributed by atoms with Gasteiger partial charge in [0.1, 0.15) is 0 Å². The molecule has 5 heteroatoms. The first-order chi connectivity index (χ1) is 8.13. The fourth-order valence-corrected chi connectivity index (χ4v) is 1.80. The Bertz CT molecular complexity index is 419. The van der Waals surface area contributed by atoms with Gasteiger partial charge in [0.15, 0.2) is 5.12 Å². The second-order valence-corrected chi connectivity index (χ2v) is 4.67. The smallest absolute Gasteiger partial charge is 0.220 e. The molecule has 0 saturated heterocycles. The number of aromatic nitrogens is 1. The summed E-state index contributed by atoms with van der Waals surface area (Å²) in [4.78, 5) is 14.8. The van der Waals surface area contributed by atoms with Crippen molar-refractivity contribution in [1.82, 2.24) is 4.98 Å². The molecule has 1 aromatic rings. The molecule has 0 radical (unpaired) electrons. The quantitative estimate of drug-likeness (QED) is 0.815. The van der Waals surface area contributed by atoms with Gasteiger partial charge in [0, 0.05) is 18.2 Å². The van der Waals surface area contributed by atoms with Crippen LogP contribution in [-0.2, 0) is 4.79 Å². The minimum Gasteiger partial charge on any atom is -0.481 e. The number of nitrogens with zero attached hydrogens (tertiary/aromatic N) is 1. The number of carbonyl (C=O) groups excluding carboxylic acids is 1. The maximum Gasteiger partial charge on any atom is 0.220 e. The van der Waals surface area contributed by atoms with Gasteiger partial charge >= 0.3 is 0 Å². The highest BCUT2D eigenvalue weighted by Crippen LogP contribution is 2.19. The molecule has 4 nitrogen and oxygen atoms in total. The number of hydrogen-bond acceptors (Lipinski definition) is 5. The fourth-order valence-electron chi connectivity index (χ4n) is 1.26. The average molecular weight is 252 g/mol. The summed E-state index contributed by atoms with van der Waals surface area (Å²) in [6.45, 7) is 1.57. The van der Waals surface area contributed by atoms with E-state index in [2.05, 4.69) is 4.98 Å². The van der Waals surface area contributed by atoms with Gasteiger partial charge in [-0.15, -0.1) is 0 Å². The van der Waals surface area contributed by atoms with Crippen LogP contribution in [0.3, 0.4) is 0 Å². The van der Waals surface area contributed by atoms with E-state index in [1.54, 1.807) is 26.3 Å². The first-order valence-corrected chi connectivity index (χ1v) is 6.21. The van der Waals surface area contributed by atoms with Crippen LogP contribution >= 0.6 is 11.8 Å². The van der Waals surface area contributed by atoms with Crippen molar-refractivity contribution in [2.24, 2.45) is 0 Å². The van der Waals surface area contributed by atoms with Crippen molar-refractivity contribution in [3.63, 3.8) is 0 Å². The van der Waals surface area contributed by atoms with Gasteiger partial charge in [-0.25, -0.2) is 4.98 Å². The fraction of sp³-hybridized carbons (Fsp3) is 0.333.